The maximum atomic E-state index is 13.6. The second-order valence-corrected chi connectivity index (χ2v) is 9.71. The Balaban J connectivity index is 1.51. The van der Waals surface area contributed by atoms with Gasteiger partial charge < -0.3 is 24.1 Å². The molecule has 1 amide bonds. The minimum absolute atomic E-state index is 0.0866. The van der Waals surface area contributed by atoms with Gasteiger partial charge in [0.25, 0.3) is 5.56 Å². The van der Waals surface area contributed by atoms with Crippen molar-refractivity contribution < 1.29 is 23.5 Å². The van der Waals surface area contributed by atoms with Gasteiger partial charge in [0.2, 0.25) is 11.7 Å². The number of carbonyl (C=O) groups excluding carboxylic acids is 1. The second-order valence-electron chi connectivity index (χ2n) is 8.55. The first-order valence-corrected chi connectivity index (χ1v) is 12.7. The van der Waals surface area contributed by atoms with E-state index in [-0.39, 0.29) is 17.9 Å². The Morgan fingerprint density at radius 2 is 1.71 bits per heavy atom. The first-order chi connectivity index (χ1) is 18.4. The van der Waals surface area contributed by atoms with Gasteiger partial charge in [0, 0.05) is 32.5 Å². The monoisotopic (exact) mass is 625 g/mol. The van der Waals surface area contributed by atoms with Gasteiger partial charge in [-0.25, -0.2) is 0 Å². The van der Waals surface area contributed by atoms with Crippen molar-refractivity contribution in [1.82, 2.24) is 9.72 Å². The van der Waals surface area contributed by atoms with Crippen LogP contribution >= 0.6 is 22.6 Å². The molecule has 0 aliphatic carbocycles. The molecule has 194 valence electrons. The molecule has 0 fully saturated rings. The van der Waals surface area contributed by atoms with Crippen molar-refractivity contribution in [3.05, 3.63) is 79.8 Å². The normalized spacial score (nSPS) is 11.1. The van der Waals surface area contributed by atoms with E-state index >= 15 is 0 Å². The van der Waals surface area contributed by atoms with Crippen LogP contribution in [0.1, 0.15) is 11.3 Å². The van der Waals surface area contributed by atoms with Gasteiger partial charge in [-0.2, -0.15) is 0 Å². The van der Waals surface area contributed by atoms with Crippen molar-refractivity contribution in [2.24, 2.45) is 0 Å². The van der Waals surface area contributed by atoms with E-state index in [9.17, 15) is 9.59 Å². The number of hydrogen-bond donors (Lipinski definition) is 1. The molecular formula is C28H24IN3O6. The number of rotatable bonds is 7. The fourth-order valence-electron chi connectivity index (χ4n) is 4.56. The maximum Gasteiger partial charge on any atom is 0.268 e. The molecule has 0 radical (unpaired) electrons. The molecule has 38 heavy (non-hydrogen) atoms. The van der Waals surface area contributed by atoms with Crippen LogP contribution < -0.4 is 25.1 Å². The Morgan fingerprint density at radius 3 is 2.39 bits per heavy atom. The Labute approximate surface area is 231 Å². The summed E-state index contributed by atoms with van der Waals surface area (Å²) in [6.07, 6.45) is 0.0866. The maximum absolute atomic E-state index is 13.6. The van der Waals surface area contributed by atoms with Crippen molar-refractivity contribution in [2.75, 3.05) is 26.6 Å². The van der Waals surface area contributed by atoms with Gasteiger partial charge >= 0.3 is 0 Å². The largest absolute Gasteiger partial charge is 0.493 e. The topological polar surface area (TPSA) is 105 Å². The molecule has 0 aliphatic heterocycles. The number of carbonyl (C=O) groups is 1. The van der Waals surface area contributed by atoms with Crippen molar-refractivity contribution in [3.63, 3.8) is 0 Å². The molecular weight excluding hydrogens is 601 g/mol. The van der Waals surface area contributed by atoms with E-state index in [0.29, 0.717) is 50.8 Å². The smallest absolute Gasteiger partial charge is 0.268 e. The highest BCUT2D eigenvalue weighted by molar-refractivity contribution is 14.1. The number of pyridine rings is 1. The molecule has 2 heterocycles. The number of nitrogens with one attached hydrogen (secondary N) is 1. The lowest BCUT2D eigenvalue weighted by Gasteiger charge is -2.15. The first kappa shape index (κ1) is 25.6. The summed E-state index contributed by atoms with van der Waals surface area (Å²) >= 11 is 2.23. The SMILES string of the molecule is COc1cc(NC(=O)Cc2cccc(-n3c(=O)c4c(C)onc4c4c(I)cccc43)c2)cc(OC)c1OC. The van der Waals surface area contributed by atoms with Gasteiger partial charge in [0.05, 0.1) is 33.3 Å². The zero-order valence-corrected chi connectivity index (χ0v) is 23.3. The zero-order valence-electron chi connectivity index (χ0n) is 21.1. The lowest BCUT2D eigenvalue weighted by atomic mass is 10.1. The number of nitrogens with zero attached hydrogens (tertiary/aromatic N) is 2. The van der Waals surface area contributed by atoms with Crippen LogP contribution in [0.15, 0.2) is 63.9 Å². The highest BCUT2D eigenvalue weighted by Crippen LogP contribution is 2.40. The minimum Gasteiger partial charge on any atom is -0.493 e. The molecule has 10 heteroatoms. The number of ether oxygens (including phenoxy) is 3. The molecule has 5 rings (SSSR count). The highest BCUT2D eigenvalue weighted by Gasteiger charge is 2.20. The van der Waals surface area contributed by atoms with Gasteiger partial charge in [0.1, 0.15) is 16.7 Å². The summed E-state index contributed by atoms with van der Waals surface area (Å²) in [5.41, 5.74) is 2.91. The summed E-state index contributed by atoms with van der Waals surface area (Å²) < 4.78 is 24.1. The second kappa shape index (κ2) is 10.4. The molecule has 0 bridgehead atoms. The van der Waals surface area contributed by atoms with Gasteiger partial charge in [-0.15, -0.1) is 0 Å². The molecule has 2 aromatic heterocycles. The van der Waals surface area contributed by atoms with Crippen LogP contribution in [-0.2, 0) is 11.2 Å². The van der Waals surface area contributed by atoms with Crippen LogP contribution in [0.4, 0.5) is 5.69 Å². The number of anilines is 1. The van der Waals surface area contributed by atoms with Gasteiger partial charge in [-0.3, -0.25) is 14.2 Å². The van der Waals surface area contributed by atoms with Crippen molar-refractivity contribution in [3.8, 4) is 22.9 Å². The zero-order chi connectivity index (χ0) is 27.0. The fraction of sp³-hybridized carbons (Fsp3) is 0.179. The first-order valence-electron chi connectivity index (χ1n) is 11.6. The number of aromatic nitrogens is 2. The summed E-state index contributed by atoms with van der Waals surface area (Å²) in [5.74, 6) is 1.52. The van der Waals surface area contributed by atoms with E-state index in [2.05, 4.69) is 33.1 Å². The van der Waals surface area contributed by atoms with Crippen LogP contribution in [0.25, 0.3) is 27.5 Å². The van der Waals surface area contributed by atoms with Crippen LogP contribution in [-0.4, -0.2) is 37.0 Å². The lowest BCUT2D eigenvalue weighted by molar-refractivity contribution is -0.115. The molecule has 0 atom stereocenters. The molecule has 0 unspecified atom stereocenters. The predicted molar refractivity (Wildman–Crippen MR) is 153 cm³/mol. The summed E-state index contributed by atoms with van der Waals surface area (Å²) in [5, 5.41) is 8.32. The quantitative estimate of drug-likeness (QED) is 0.247. The molecule has 0 saturated carbocycles. The number of halogens is 1. The Bertz CT molecular complexity index is 1730. The van der Waals surface area contributed by atoms with E-state index in [4.69, 9.17) is 18.7 Å². The van der Waals surface area contributed by atoms with E-state index in [1.54, 1.807) is 23.6 Å². The molecule has 0 spiro atoms. The molecule has 1 N–H and O–H groups in total. The van der Waals surface area contributed by atoms with Crippen LogP contribution in [0.3, 0.4) is 0 Å². The number of aryl methyl sites for hydroxylation is 1. The van der Waals surface area contributed by atoms with Crippen molar-refractivity contribution >= 4 is 56.0 Å². The third kappa shape index (κ3) is 4.44. The summed E-state index contributed by atoms with van der Waals surface area (Å²) in [6.45, 7) is 1.73. The van der Waals surface area contributed by atoms with E-state index < -0.39 is 0 Å². The standard InChI is InChI=1S/C28H24IN3O6/c1-15-24-26(31-38-15)25-19(29)9-6-10-20(25)32(28(24)34)18-8-5-7-16(11-18)12-23(33)30-17-13-21(35-2)27(37-4)22(14-17)36-3/h5-11,13-14H,12H2,1-4H3,(H,30,33). The molecule has 0 aliphatic rings. The number of benzene rings is 3. The van der Waals surface area contributed by atoms with Gasteiger partial charge in [-0.05, 0) is 59.3 Å². The lowest BCUT2D eigenvalue weighted by Crippen LogP contribution is -2.20. The van der Waals surface area contributed by atoms with Crippen molar-refractivity contribution in [1.29, 1.82) is 0 Å². The van der Waals surface area contributed by atoms with E-state index in [0.717, 1.165) is 14.5 Å². The highest BCUT2D eigenvalue weighted by atomic mass is 127. The van der Waals surface area contributed by atoms with Crippen LogP contribution in [0.2, 0.25) is 0 Å². The predicted octanol–water partition coefficient (Wildman–Crippen LogP) is 5.25. The molecule has 0 saturated heterocycles. The number of fused-ring (bicyclic) bond motifs is 3. The van der Waals surface area contributed by atoms with E-state index in [1.807, 2.05) is 42.5 Å². The van der Waals surface area contributed by atoms with Crippen molar-refractivity contribution in [2.45, 2.75) is 13.3 Å². The van der Waals surface area contributed by atoms with Gasteiger partial charge in [0.15, 0.2) is 11.5 Å². The van der Waals surface area contributed by atoms with Gasteiger partial charge in [-0.1, -0.05) is 23.4 Å². The van der Waals surface area contributed by atoms with Crippen LogP contribution in [0, 0.1) is 10.5 Å². The van der Waals surface area contributed by atoms with Crippen LogP contribution in [0.5, 0.6) is 17.2 Å². The Hall–Kier alpha value is -4.06. The summed E-state index contributed by atoms with van der Waals surface area (Å²) in [6, 6.07) is 16.4. The third-order valence-electron chi connectivity index (χ3n) is 6.23. The molecule has 9 nitrogen and oxygen atoms in total. The summed E-state index contributed by atoms with van der Waals surface area (Å²) in [4.78, 5) is 26.6. The number of amides is 1. The molecule has 3 aromatic carbocycles. The number of methoxy groups -OCH3 is 3. The minimum atomic E-state index is -0.242. The number of hydrogen-bond acceptors (Lipinski definition) is 7. The van der Waals surface area contributed by atoms with E-state index in [1.165, 1.54) is 21.3 Å². The Kier molecular flexibility index (Phi) is 6.98. The fourth-order valence-corrected chi connectivity index (χ4v) is 5.29. The average molecular weight is 625 g/mol. The Morgan fingerprint density at radius 1 is 1.00 bits per heavy atom. The molecule has 5 aromatic rings. The average Bonchev–Trinajstić information content (AvgIpc) is 3.29. The third-order valence-corrected chi connectivity index (χ3v) is 7.13. The summed E-state index contributed by atoms with van der Waals surface area (Å²) in [7, 11) is 4.54.